The van der Waals surface area contributed by atoms with E-state index >= 15 is 0 Å². The number of methoxy groups -OCH3 is 1. The van der Waals surface area contributed by atoms with E-state index < -0.39 is 5.97 Å². The molecule has 0 amide bonds. The van der Waals surface area contributed by atoms with E-state index in [9.17, 15) is 9.59 Å². The molecule has 1 atom stereocenters. The van der Waals surface area contributed by atoms with Crippen molar-refractivity contribution in [2.75, 3.05) is 19.5 Å². The maximum absolute atomic E-state index is 11.4. The molecule has 6 heteroatoms. The van der Waals surface area contributed by atoms with Gasteiger partial charge in [0.05, 0.1) is 6.10 Å². The molecule has 0 aromatic carbocycles. The summed E-state index contributed by atoms with van der Waals surface area (Å²) in [6.45, 7) is 1.78. The number of anilines is 1. The molecule has 1 aromatic rings. The molecule has 94 valence electrons. The fourth-order valence-electron chi connectivity index (χ4n) is 1.14. The number of ether oxygens (including phenoxy) is 2. The summed E-state index contributed by atoms with van der Waals surface area (Å²) in [6, 6.07) is 2.79. The fraction of sp³-hybridized carbons (Fsp3) is 0.455. The smallest absolute Gasteiger partial charge is 0.326 e. The number of nitrogens with two attached hydrogens (primary N) is 1. The number of hydrogen-bond acceptors (Lipinski definition) is 5. The largest absolute Gasteiger partial charge is 0.462 e. The van der Waals surface area contributed by atoms with Crippen molar-refractivity contribution in [3.8, 4) is 0 Å². The van der Waals surface area contributed by atoms with Gasteiger partial charge in [0.15, 0.2) is 0 Å². The third-order valence-electron chi connectivity index (χ3n) is 2.19. The number of pyridine rings is 1. The second kappa shape index (κ2) is 6.05. The highest BCUT2D eigenvalue weighted by molar-refractivity contribution is 5.69. The van der Waals surface area contributed by atoms with E-state index in [1.807, 2.05) is 0 Å². The van der Waals surface area contributed by atoms with Crippen molar-refractivity contribution in [3.05, 3.63) is 28.7 Å². The van der Waals surface area contributed by atoms with Crippen molar-refractivity contribution < 1.29 is 14.3 Å². The summed E-state index contributed by atoms with van der Waals surface area (Å²) in [6.07, 6.45) is 1.24. The van der Waals surface area contributed by atoms with Crippen molar-refractivity contribution in [2.45, 2.75) is 19.6 Å². The first-order valence-corrected chi connectivity index (χ1v) is 5.17. The number of hydrogen-bond donors (Lipinski definition) is 1. The quantitative estimate of drug-likeness (QED) is 0.733. The third-order valence-corrected chi connectivity index (χ3v) is 2.19. The number of carbonyl (C=O) groups excluding carboxylic acids is 1. The normalized spacial score (nSPS) is 12.1. The Kier molecular flexibility index (Phi) is 4.71. The van der Waals surface area contributed by atoms with Crippen LogP contribution in [0.5, 0.6) is 0 Å². The van der Waals surface area contributed by atoms with Gasteiger partial charge in [-0.15, -0.1) is 0 Å². The van der Waals surface area contributed by atoms with Crippen LogP contribution < -0.4 is 11.3 Å². The van der Waals surface area contributed by atoms with E-state index in [0.717, 1.165) is 0 Å². The second-order valence-corrected chi connectivity index (χ2v) is 3.66. The summed E-state index contributed by atoms with van der Waals surface area (Å²) < 4.78 is 11.1. The van der Waals surface area contributed by atoms with Crippen molar-refractivity contribution in [1.82, 2.24) is 4.57 Å². The van der Waals surface area contributed by atoms with Gasteiger partial charge in [-0.3, -0.25) is 9.59 Å². The summed E-state index contributed by atoms with van der Waals surface area (Å²) in [5, 5.41) is 0. The first-order chi connectivity index (χ1) is 8.02. The zero-order chi connectivity index (χ0) is 12.8. The molecule has 0 aliphatic heterocycles. The van der Waals surface area contributed by atoms with Gasteiger partial charge in [0.1, 0.15) is 13.2 Å². The third kappa shape index (κ3) is 4.28. The molecule has 1 unspecified atom stereocenters. The van der Waals surface area contributed by atoms with Crippen LogP contribution in [0.15, 0.2) is 23.1 Å². The first kappa shape index (κ1) is 13.2. The molecule has 17 heavy (non-hydrogen) atoms. The van der Waals surface area contributed by atoms with Crippen LogP contribution in [0, 0.1) is 0 Å². The van der Waals surface area contributed by atoms with Crippen molar-refractivity contribution in [2.24, 2.45) is 0 Å². The Hall–Kier alpha value is -1.82. The monoisotopic (exact) mass is 240 g/mol. The highest BCUT2D eigenvalue weighted by Gasteiger charge is 2.08. The number of aromatic nitrogens is 1. The van der Waals surface area contributed by atoms with Crippen LogP contribution >= 0.6 is 0 Å². The lowest BCUT2D eigenvalue weighted by Crippen LogP contribution is -2.26. The zero-order valence-electron chi connectivity index (χ0n) is 9.88. The summed E-state index contributed by atoms with van der Waals surface area (Å²) in [5.74, 6) is -0.499. The molecule has 0 aliphatic carbocycles. The highest BCUT2D eigenvalue weighted by Crippen LogP contribution is 1.97. The van der Waals surface area contributed by atoms with Gasteiger partial charge < -0.3 is 19.8 Å². The minimum Gasteiger partial charge on any atom is -0.462 e. The van der Waals surface area contributed by atoms with Crippen molar-refractivity contribution in [3.63, 3.8) is 0 Å². The Morgan fingerprint density at radius 2 is 2.24 bits per heavy atom. The van der Waals surface area contributed by atoms with Gasteiger partial charge in [0, 0.05) is 25.1 Å². The van der Waals surface area contributed by atoms with Gasteiger partial charge in [-0.05, 0) is 13.0 Å². The topological polar surface area (TPSA) is 83.6 Å². The maximum Gasteiger partial charge on any atom is 0.326 e. The van der Waals surface area contributed by atoms with Gasteiger partial charge in [-0.25, -0.2) is 0 Å². The van der Waals surface area contributed by atoms with E-state index in [1.165, 1.54) is 30.0 Å². The van der Waals surface area contributed by atoms with Crippen LogP contribution in [-0.4, -0.2) is 30.4 Å². The SMILES string of the molecule is COC(C)COC(=O)Cn1cc(N)ccc1=O. The van der Waals surface area contributed by atoms with Crippen molar-refractivity contribution in [1.29, 1.82) is 0 Å². The Balaban J connectivity index is 2.56. The molecule has 1 heterocycles. The minimum atomic E-state index is -0.499. The Bertz CT molecular complexity index is 441. The fourth-order valence-corrected chi connectivity index (χ4v) is 1.14. The van der Waals surface area contributed by atoms with E-state index in [0.29, 0.717) is 5.69 Å². The minimum absolute atomic E-state index is 0.152. The summed E-state index contributed by atoms with van der Waals surface area (Å²) in [5.41, 5.74) is 5.64. The van der Waals surface area contributed by atoms with Crippen LogP contribution in [0.3, 0.4) is 0 Å². The number of esters is 1. The number of rotatable bonds is 5. The molecule has 0 bridgehead atoms. The Morgan fingerprint density at radius 3 is 2.88 bits per heavy atom. The summed E-state index contributed by atoms with van der Waals surface area (Å²) in [7, 11) is 1.53. The van der Waals surface area contributed by atoms with Crippen LogP contribution in [0.25, 0.3) is 0 Å². The molecule has 0 saturated carbocycles. The standard InChI is InChI=1S/C11H16N2O4/c1-8(16-2)7-17-11(15)6-13-5-9(12)3-4-10(13)14/h3-5,8H,6-7,12H2,1-2H3. The van der Waals surface area contributed by atoms with Crippen LogP contribution in [0.2, 0.25) is 0 Å². The molecule has 6 nitrogen and oxygen atoms in total. The Labute approximate surface area is 98.9 Å². The summed E-state index contributed by atoms with van der Waals surface area (Å²) in [4.78, 5) is 22.8. The molecular weight excluding hydrogens is 224 g/mol. The molecule has 0 fully saturated rings. The molecule has 1 aromatic heterocycles. The second-order valence-electron chi connectivity index (χ2n) is 3.66. The van der Waals surface area contributed by atoms with Gasteiger partial charge in [-0.1, -0.05) is 0 Å². The van der Waals surface area contributed by atoms with E-state index in [1.54, 1.807) is 6.92 Å². The van der Waals surface area contributed by atoms with Gasteiger partial charge >= 0.3 is 5.97 Å². The van der Waals surface area contributed by atoms with E-state index in [2.05, 4.69) is 0 Å². The summed E-state index contributed by atoms with van der Waals surface area (Å²) >= 11 is 0. The first-order valence-electron chi connectivity index (χ1n) is 5.17. The lowest BCUT2D eigenvalue weighted by Gasteiger charge is -2.11. The average Bonchev–Trinajstić information content (AvgIpc) is 2.30. The molecule has 0 radical (unpaired) electrons. The average molecular weight is 240 g/mol. The number of nitrogens with zero attached hydrogens (tertiary/aromatic N) is 1. The number of carbonyl (C=O) groups is 1. The molecule has 0 saturated heterocycles. The van der Waals surface area contributed by atoms with Gasteiger partial charge in [0.25, 0.3) is 5.56 Å². The lowest BCUT2D eigenvalue weighted by molar-refractivity contribution is -0.147. The molecule has 1 rings (SSSR count). The molecular formula is C11H16N2O4. The van der Waals surface area contributed by atoms with E-state index in [-0.39, 0.29) is 24.8 Å². The molecule has 0 spiro atoms. The van der Waals surface area contributed by atoms with Gasteiger partial charge in [-0.2, -0.15) is 0 Å². The lowest BCUT2D eigenvalue weighted by atomic mass is 10.4. The van der Waals surface area contributed by atoms with E-state index in [4.69, 9.17) is 15.2 Å². The zero-order valence-corrected chi connectivity index (χ0v) is 9.88. The predicted molar refractivity (Wildman–Crippen MR) is 62.5 cm³/mol. The molecule has 2 N–H and O–H groups in total. The number of nitrogen functional groups attached to an aromatic ring is 1. The van der Waals surface area contributed by atoms with Crippen LogP contribution in [-0.2, 0) is 20.8 Å². The van der Waals surface area contributed by atoms with Gasteiger partial charge in [0.2, 0.25) is 0 Å². The molecule has 0 aliphatic rings. The van der Waals surface area contributed by atoms with Crippen molar-refractivity contribution >= 4 is 11.7 Å². The van der Waals surface area contributed by atoms with Crippen LogP contribution in [0.1, 0.15) is 6.92 Å². The highest BCUT2D eigenvalue weighted by atomic mass is 16.6. The Morgan fingerprint density at radius 1 is 1.53 bits per heavy atom. The maximum atomic E-state index is 11.4. The van der Waals surface area contributed by atoms with Crippen LogP contribution in [0.4, 0.5) is 5.69 Å². The predicted octanol–water partition coefficient (Wildman–Crippen LogP) is 0.00860.